The lowest BCUT2D eigenvalue weighted by molar-refractivity contribution is 0.475. The Morgan fingerprint density at radius 1 is 1.50 bits per heavy atom. The fourth-order valence-corrected chi connectivity index (χ4v) is 2.09. The number of hydrogen-bond donors (Lipinski definition) is 2. The van der Waals surface area contributed by atoms with Crippen molar-refractivity contribution in [3.05, 3.63) is 24.3 Å². The first-order valence-corrected chi connectivity index (χ1v) is 5.07. The van der Waals surface area contributed by atoms with Gasteiger partial charge in [-0.25, -0.2) is 0 Å². The standard InChI is InChI=1S/C11H16N2O/c12-8-10-4-2-6-13(10)9-3-1-5-11(14)7-9/h1,3,5,7,10,14H,2,4,6,8,12H2/t10-/m1/s1. The second kappa shape index (κ2) is 3.88. The molecule has 3 N–H and O–H groups in total. The molecular formula is C11H16N2O. The highest BCUT2D eigenvalue weighted by Gasteiger charge is 2.23. The van der Waals surface area contributed by atoms with Crippen molar-refractivity contribution < 1.29 is 5.11 Å². The van der Waals surface area contributed by atoms with Crippen molar-refractivity contribution in [2.75, 3.05) is 18.0 Å². The molecule has 0 unspecified atom stereocenters. The minimum absolute atomic E-state index is 0.324. The SMILES string of the molecule is NC[C@H]1CCCN1c1cccc(O)c1. The van der Waals surface area contributed by atoms with Crippen molar-refractivity contribution in [1.82, 2.24) is 0 Å². The molecule has 1 aromatic carbocycles. The van der Waals surface area contributed by atoms with Crippen LogP contribution in [0.3, 0.4) is 0 Å². The van der Waals surface area contributed by atoms with Crippen LogP contribution in [0.25, 0.3) is 0 Å². The van der Waals surface area contributed by atoms with Crippen molar-refractivity contribution in [3.63, 3.8) is 0 Å². The first-order valence-electron chi connectivity index (χ1n) is 5.07. The summed E-state index contributed by atoms with van der Waals surface area (Å²) < 4.78 is 0. The fraction of sp³-hybridized carbons (Fsp3) is 0.455. The Balaban J connectivity index is 2.21. The minimum atomic E-state index is 0.324. The minimum Gasteiger partial charge on any atom is -0.508 e. The molecule has 2 rings (SSSR count). The lowest BCUT2D eigenvalue weighted by Crippen LogP contribution is -2.35. The Hall–Kier alpha value is -1.22. The summed E-state index contributed by atoms with van der Waals surface area (Å²) in [7, 11) is 0. The number of nitrogens with zero attached hydrogens (tertiary/aromatic N) is 1. The van der Waals surface area contributed by atoms with E-state index in [-0.39, 0.29) is 0 Å². The highest BCUT2D eigenvalue weighted by Crippen LogP contribution is 2.27. The average molecular weight is 192 g/mol. The van der Waals surface area contributed by atoms with E-state index in [4.69, 9.17) is 5.73 Å². The van der Waals surface area contributed by atoms with E-state index in [1.807, 2.05) is 12.1 Å². The Labute approximate surface area is 84.1 Å². The number of phenols is 1. The second-order valence-corrected chi connectivity index (χ2v) is 3.75. The van der Waals surface area contributed by atoms with Gasteiger partial charge in [0, 0.05) is 30.9 Å². The highest BCUT2D eigenvalue weighted by molar-refractivity contribution is 5.52. The van der Waals surface area contributed by atoms with Gasteiger partial charge in [-0.3, -0.25) is 0 Å². The summed E-state index contributed by atoms with van der Waals surface area (Å²) in [6, 6.07) is 7.83. The molecule has 0 radical (unpaired) electrons. The molecule has 76 valence electrons. The Kier molecular flexibility index (Phi) is 2.59. The molecule has 3 heteroatoms. The van der Waals surface area contributed by atoms with Crippen molar-refractivity contribution in [2.45, 2.75) is 18.9 Å². The van der Waals surface area contributed by atoms with E-state index in [0.717, 1.165) is 18.7 Å². The molecule has 1 aliphatic rings. The van der Waals surface area contributed by atoms with Crippen molar-refractivity contribution in [2.24, 2.45) is 5.73 Å². The number of rotatable bonds is 2. The van der Waals surface area contributed by atoms with E-state index < -0.39 is 0 Å². The molecule has 0 saturated carbocycles. The summed E-state index contributed by atoms with van der Waals surface area (Å²) in [5.41, 5.74) is 6.78. The summed E-state index contributed by atoms with van der Waals surface area (Å²) in [6.45, 7) is 1.74. The van der Waals surface area contributed by atoms with E-state index in [9.17, 15) is 5.11 Å². The molecule has 0 bridgehead atoms. The fourth-order valence-electron chi connectivity index (χ4n) is 2.09. The third kappa shape index (κ3) is 1.68. The Morgan fingerprint density at radius 2 is 2.36 bits per heavy atom. The van der Waals surface area contributed by atoms with E-state index in [2.05, 4.69) is 4.90 Å². The van der Waals surface area contributed by atoms with Crippen LogP contribution in [0, 0.1) is 0 Å². The van der Waals surface area contributed by atoms with Gasteiger partial charge in [-0.15, -0.1) is 0 Å². The highest BCUT2D eigenvalue weighted by atomic mass is 16.3. The summed E-state index contributed by atoms with van der Waals surface area (Å²) in [5, 5.41) is 9.37. The number of aromatic hydroxyl groups is 1. The number of anilines is 1. The zero-order valence-corrected chi connectivity index (χ0v) is 8.19. The van der Waals surface area contributed by atoms with Gasteiger partial charge < -0.3 is 15.7 Å². The van der Waals surface area contributed by atoms with E-state index in [0.29, 0.717) is 18.3 Å². The number of nitrogens with two attached hydrogens (primary N) is 1. The maximum atomic E-state index is 9.37. The van der Waals surface area contributed by atoms with Gasteiger partial charge in [-0.2, -0.15) is 0 Å². The second-order valence-electron chi connectivity index (χ2n) is 3.75. The van der Waals surface area contributed by atoms with Gasteiger partial charge in [0.05, 0.1) is 0 Å². The summed E-state index contributed by atoms with van der Waals surface area (Å²) >= 11 is 0. The average Bonchev–Trinajstić information content (AvgIpc) is 2.65. The molecule has 1 atom stereocenters. The third-order valence-electron chi connectivity index (χ3n) is 2.81. The summed E-state index contributed by atoms with van der Waals surface area (Å²) in [5.74, 6) is 0.324. The molecule has 0 aliphatic carbocycles. The first kappa shape index (κ1) is 9.34. The number of phenolic OH excluding ortho intramolecular Hbond substituents is 1. The lowest BCUT2D eigenvalue weighted by Gasteiger charge is -2.25. The maximum absolute atomic E-state index is 9.37. The largest absolute Gasteiger partial charge is 0.508 e. The van der Waals surface area contributed by atoms with Gasteiger partial charge in [0.2, 0.25) is 0 Å². The van der Waals surface area contributed by atoms with Gasteiger partial charge >= 0.3 is 0 Å². The van der Waals surface area contributed by atoms with Crippen LogP contribution >= 0.6 is 0 Å². The number of benzene rings is 1. The monoisotopic (exact) mass is 192 g/mol. The molecule has 3 nitrogen and oxygen atoms in total. The molecule has 0 spiro atoms. The molecule has 14 heavy (non-hydrogen) atoms. The van der Waals surface area contributed by atoms with Gasteiger partial charge in [0.25, 0.3) is 0 Å². The van der Waals surface area contributed by atoms with E-state index in [1.54, 1.807) is 12.1 Å². The smallest absolute Gasteiger partial charge is 0.117 e. The van der Waals surface area contributed by atoms with Crippen LogP contribution in [-0.4, -0.2) is 24.2 Å². The molecule has 1 saturated heterocycles. The van der Waals surface area contributed by atoms with Crippen LogP contribution in [-0.2, 0) is 0 Å². The van der Waals surface area contributed by atoms with Crippen molar-refractivity contribution >= 4 is 5.69 Å². The topological polar surface area (TPSA) is 49.5 Å². The first-order chi connectivity index (χ1) is 6.81. The summed E-state index contributed by atoms with van der Waals surface area (Å²) in [6.07, 6.45) is 2.35. The summed E-state index contributed by atoms with van der Waals surface area (Å²) in [4.78, 5) is 2.28. The van der Waals surface area contributed by atoms with E-state index in [1.165, 1.54) is 6.42 Å². The van der Waals surface area contributed by atoms with Crippen molar-refractivity contribution in [1.29, 1.82) is 0 Å². The molecule has 0 amide bonds. The van der Waals surface area contributed by atoms with Crippen LogP contribution in [0.2, 0.25) is 0 Å². The third-order valence-corrected chi connectivity index (χ3v) is 2.81. The molecule has 1 heterocycles. The predicted molar refractivity (Wildman–Crippen MR) is 57.5 cm³/mol. The zero-order chi connectivity index (χ0) is 9.97. The van der Waals surface area contributed by atoms with Crippen LogP contribution in [0.1, 0.15) is 12.8 Å². The molecule has 1 aliphatic heterocycles. The van der Waals surface area contributed by atoms with E-state index >= 15 is 0 Å². The van der Waals surface area contributed by atoms with Crippen LogP contribution < -0.4 is 10.6 Å². The van der Waals surface area contributed by atoms with Gasteiger partial charge in [0.15, 0.2) is 0 Å². The quantitative estimate of drug-likeness (QED) is 0.743. The predicted octanol–water partition coefficient (Wildman–Crippen LogP) is 1.32. The molecule has 1 aromatic rings. The molecular weight excluding hydrogens is 176 g/mol. The van der Waals surface area contributed by atoms with Crippen molar-refractivity contribution in [3.8, 4) is 5.75 Å². The van der Waals surface area contributed by atoms with Crippen LogP contribution in [0.15, 0.2) is 24.3 Å². The zero-order valence-electron chi connectivity index (χ0n) is 8.19. The maximum Gasteiger partial charge on any atom is 0.117 e. The van der Waals surface area contributed by atoms with Crippen LogP contribution in [0.5, 0.6) is 5.75 Å². The lowest BCUT2D eigenvalue weighted by atomic mass is 10.2. The molecule has 0 aromatic heterocycles. The number of hydrogen-bond acceptors (Lipinski definition) is 3. The normalized spacial score (nSPS) is 21.5. The van der Waals surface area contributed by atoms with Gasteiger partial charge in [-0.05, 0) is 25.0 Å². The molecule has 1 fully saturated rings. The Morgan fingerprint density at radius 3 is 3.07 bits per heavy atom. The van der Waals surface area contributed by atoms with Crippen LogP contribution in [0.4, 0.5) is 5.69 Å². The van der Waals surface area contributed by atoms with Gasteiger partial charge in [-0.1, -0.05) is 6.07 Å². The van der Waals surface area contributed by atoms with Gasteiger partial charge in [0.1, 0.15) is 5.75 Å². The Bertz CT molecular complexity index is 314.